The minimum absolute atomic E-state index is 0.0700. The van der Waals surface area contributed by atoms with Gasteiger partial charge in [0.05, 0.1) is 0 Å². The highest BCUT2D eigenvalue weighted by atomic mass is 19.1. The molecule has 7 heteroatoms. The van der Waals surface area contributed by atoms with E-state index in [4.69, 9.17) is 9.15 Å². The van der Waals surface area contributed by atoms with E-state index in [1.807, 2.05) is 19.1 Å². The molecule has 2 heterocycles. The summed E-state index contributed by atoms with van der Waals surface area (Å²) >= 11 is 0. The lowest BCUT2D eigenvalue weighted by Gasteiger charge is -2.12. The summed E-state index contributed by atoms with van der Waals surface area (Å²) in [5, 5.41) is 2.85. The van der Waals surface area contributed by atoms with Gasteiger partial charge in [0.2, 0.25) is 5.89 Å². The Balaban J connectivity index is 1.53. The number of carbonyl (C=O) groups excluding carboxylic acids is 1. The molecule has 0 radical (unpaired) electrons. The van der Waals surface area contributed by atoms with Crippen molar-refractivity contribution in [3.05, 3.63) is 78.0 Å². The Morgan fingerprint density at radius 2 is 2.15 bits per heavy atom. The number of carbonyl (C=O) groups is 1. The Morgan fingerprint density at radius 1 is 1.31 bits per heavy atom. The van der Waals surface area contributed by atoms with E-state index in [0.29, 0.717) is 6.42 Å². The number of para-hydroxylation sites is 1. The van der Waals surface area contributed by atoms with Crippen LogP contribution in [0.2, 0.25) is 0 Å². The molecule has 26 heavy (non-hydrogen) atoms. The first-order valence-electron chi connectivity index (χ1n) is 8.13. The third-order valence-corrected chi connectivity index (χ3v) is 3.61. The summed E-state index contributed by atoms with van der Waals surface area (Å²) in [4.78, 5) is 20.4. The molecular weight excluding hydrogens is 337 g/mol. The number of nitrogens with zero attached hydrogens (tertiary/aromatic N) is 2. The minimum Gasteiger partial charge on any atom is -0.481 e. The molecule has 1 amide bonds. The molecule has 0 bridgehead atoms. The van der Waals surface area contributed by atoms with E-state index in [2.05, 4.69) is 15.3 Å². The minimum atomic E-state index is -0.471. The van der Waals surface area contributed by atoms with E-state index in [9.17, 15) is 9.18 Å². The summed E-state index contributed by atoms with van der Waals surface area (Å²) in [5.41, 5.74) is 1.18. The molecule has 0 aliphatic heterocycles. The normalized spacial score (nSPS) is 11.8. The molecule has 0 aliphatic rings. The summed E-state index contributed by atoms with van der Waals surface area (Å²) in [6, 6.07) is 9.74. The monoisotopic (exact) mass is 355 g/mol. The lowest BCUT2D eigenvalue weighted by molar-refractivity contribution is 0.0935. The van der Waals surface area contributed by atoms with Gasteiger partial charge in [-0.25, -0.2) is 9.37 Å². The molecule has 1 atom stereocenters. The second kappa shape index (κ2) is 8.24. The Bertz CT molecular complexity index is 867. The summed E-state index contributed by atoms with van der Waals surface area (Å²) in [6.45, 7) is 1.83. The van der Waals surface area contributed by atoms with Crippen LogP contribution in [0.5, 0.6) is 5.75 Å². The van der Waals surface area contributed by atoms with Crippen molar-refractivity contribution in [2.24, 2.45) is 0 Å². The first-order chi connectivity index (χ1) is 12.6. The predicted octanol–water partition coefficient (Wildman–Crippen LogP) is 3.15. The Hall–Kier alpha value is -3.22. The molecule has 0 saturated carbocycles. The second-order valence-electron chi connectivity index (χ2n) is 5.79. The van der Waals surface area contributed by atoms with Crippen LogP contribution in [0.15, 0.2) is 59.5 Å². The molecular formula is C19H18FN3O3. The second-order valence-corrected chi connectivity index (χ2v) is 5.79. The summed E-state index contributed by atoms with van der Waals surface area (Å²) < 4.78 is 24.0. The van der Waals surface area contributed by atoms with Crippen LogP contribution in [-0.2, 0) is 13.0 Å². The zero-order valence-electron chi connectivity index (χ0n) is 14.2. The highest BCUT2D eigenvalue weighted by Gasteiger charge is 2.15. The zero-order valence-corrected chi connectivity index (χ0v) is 14.2. The molecule has 0 saturated heterocycles. The van der Waals surface area contributed by atoms with Crippen molar-refractivity contribution in [3.63, 3.8) is 0 Å². The quantitative estimate of drug-likeness (QED) is 0.704. The van der Waals surface area contributed by atoms with E-state index in [0.717, 1.165) is 5.56 Å². The fourth-order valence-corrected chi connectivity index (χ4v) is 2.40. The van der Waals surface area contributed by atoms with Crippen LogP contribution >= 0.6 is 0 Å². The largest absolute Gasteiger partial charge is 0.481 e. The maximum atomic E-state index is 13.5. The van der Waals surface area contributed by atoms with E-state index < -0.39 is 5.82 Å². The predicted molar refractivity (Wildman–Crippen MR) is 92.1 cm³/mol. The summed E-state index contributed by atoms with van der Waals surface area (Å²) in [7, 11) is 0. The van der Waals surface area contributed by atoms with Gasteiger partial charge in [0, 0.05) is 18.4 Å². The van der Waals surface area contributed by atoms with E-state index in [1.54, 1.807) is 24.5 Å². The fourth-order valence-electron chi connectivity index (χ4n) is 2.40. The number of rotatable bonds is 7. The lowest BCUT2D eigenvalue weighted by Crippen LogP contribution is -2.34. The SMILES string of the molecule is C[C@@H](Cc1cccnc1)NC(=O)c1coc(COc2ccccc2F)n1. The third-order valence-electron chi connectivity index (χ3n) is 3.61. The number of oxazole rings is 1. The van der Waals surface area contributed by atoms with Gasteiger partial charge in [-0.05, 0) is 37.1 Å². The van der Waals surface area contributed by atoms with Crippen LogP contribution in [0.3, 0.4) is 0 Å². The molecule has 0 fully saturated rings. The number of nitrogens with one attached hydrogen (secondary N) is 1. The summed E-state index contributed by atoms with van der Waals surface area (Å²) in [5.74, 6) is -0.524. The molecule has 3 rings (SSSR count). The van der Waals surface area contributed by atoms with Gasteiger partial charge >= 0.3 is 0 Å². The Morgan fingerprint density at radius 3 is 2.92 bits per heavy atom. The number of aromatic nitrogens is 2. The maximum Gasteiger partial charge on any atom is 0.273 e. The van der Waals surface area contributed by atoms with Gasteiger partial charge < -0.3 is 14.5 Å². The van der Waals surface area contributed by atoms with Crippen molar-refractivity contribution in [3.8, 4) is 5.75 Å². The first kappa shape index (κ1) is 17.6. The van der Waals surface area contributed by atoms with Crippen molar-refractivity contribution in [1.29, 1.82) is 0 Å². The number of amides is 1. The highest BCUT2D eigenvalue weighted by Crippen LogP contribution is 2.17. The molecule has 6 nitrogen and oxygen atoms in total. The van der Waals surface area contributed by atoms with Crippen LogP contribution < -0.4 is 10.1 Å². The zero-order chi connectivity index (χ0) is 18.4. The molecule has 0 spiro atoms. The molecule has 134 valence electrons. The van der Waals surface area contributed by atoms with Gasteiger partial charge in [0.25, 0.3) is 5.91 Å². The number of ether oxygens (including phenoxy) is 1. The molecule has 1 aromatic carbocycles. The van der Waals surface area contributed by atoms with Gasteiger partial charge in [-0.1, -0.05) is 18.2 Å². The number of halogens is 1. The van der Waals surface area contributed by atoms with Gasteiger partial charge in [-0.15, -0.1) is 0 Å². The molecule has 0 unspecified atom stereocenters. The van der Waals surface area contributed by atoms with E-state index in [1.165, 1.54) is 18.4 Å². The maximum absolute atomic E-state index is 13.5. The van der Waals surface area contributed by atoms with Gasteiger partial charge in [-0.2, -0.15) is 0 Å². The number of hydrogen-bond donors (Lipinski definition) is 1. The van der Waals surface area contributed by atoms with Gasteiger partial charge in [0.1, 0.15) is 6.26 Å². The number of pyridine rings is 1. The van der Waals surface area contributed by atoms with Crippen LogP contribution in [0.1, 0.15) is 28.9 Å². The van der Waals surface area contributed by atoms with Crippen molar-refractivity contribution < 1.29 is 18.3 Å². The van der Waals surface area contributed by atoms with Crippen molar-refractivity contribution in [2.75, 3.05) is 0 Å². The average molecular weight is 355 g/mol. The molecule has 0 aliphatic carbocycles. The van der Waals surface area contributed by atoms with Crippen LogP contribution in [-0.4, -0.2) is 21.9 Å². The Labute approximate surface area is 150 Å². The van der Waals surface area contributed by atoms with E-state index >= 15 is 0 Å². The highest BCUT2D eigenvalue weighted by molar-refractivity contribution is 5.92. The average Bonchev–Trinajstić information content (AvgIpc) is 3.11. The van der Waals surface area contributed by atoms with Crippen LogP contribution in [0, 0.1) is 5.82 Å². The van der Waals surface area contributed by atoms with Crippen LogP contribution in [0.4, 0.5) is 4.39 Å². The number of hydrogen-bond acceptors (Lipinski definition) is 5. The third kappa shape index (κ3) is 4.66. The fraction of sp³-hybridized carbons (Fsp3) is 0.211. The van der Waals surface area contributed by atoms with Gasteiger partial charge in [0.15, 0.2) is 23.9 Å². The smallest absolute Gasteiger partial charge is 0.273 e. The van der Waals surface area contributed by atoms with Crippen molar-refractivity contribution >= 4 is 5.91 Å². The topological polar surface area (TPSA) is 77.2 Å². The molecule has 1 N–H and O–H groups in total. The van der Waals surface area contributed by atoms with Crippen molar-refractivity contribution in [2.45, 2.75) is 26.0 Å². The number of benzene rings is 1. The lowest BCUT2D eigenvalue weighted by atomic mass is 10.1. The molecule has 3 aromatic rings. The standard InChI is InChI=1S/C19H18FN3O3/c1-13(9-14-5-4-8-21-10-14)22-19(24)16-11-26-18(23-16)12-25-17-7-3-2-6-15(17)20/h2-8,10-11,13H,9,12H2,1H3,(H,22,24)/t13-/m0/s1. The van der Waals surface area contributed by atoms with Crippen molar-refractivity contribution in [1.82, 2.24) is 15.3 Å². The van der Waals surface area contributed by atoms with Crippen LogP contribution in [0.25, 0.3) is 0 Å². The van der Waals surface area contributed by atoms with Gasteiger partial charge in [-0.3, -0.25) is 9.78 Å². The summed E-state index contributed by atoms with van der Waals surface area (Å²) in [6.07, 6.45) is 5.37. The Kier molecular flexibility index (Phi) is 5.58. The first-order valence-corrected chi connectivity index (χ1v) is 8.13. The molecule has 2 aromatic heterocycles. The van der Waals surface area contributed by atoms with E-state index in [-0.39, 0.29) is 35.9 Å².